The molecule has 1 N–H and O–H groups in total. The molecule has 120 valence electrons. The van der Waals surface area contributed by atoms with Gasteiger partial charge in [0.2, 0.25) is 0 Å². The van der Waals surface area contributed by atoms with Crippen LogP contribution < -0.4 is 5.32 Å². The Morgan fingerprint density at radius 3 is 2.54 bits per heavy atom. The Morgan fingerprint density at radius 1 is 1.00 bits per heavy atom. The lowest BCUT2D eigenvalue weighted by Gasteiger charge is -2.18. The summed E-state index contributed by atoms with van der Waals surface area (Å²) in [6.45, 7) is 0. The van der Waals surface area contributed by atoms with Gasteiger partial charge in [0.15, 0.2) is 0 Å². The number of benzene rings is 2. The van der Waals surface area contributed by atoms with Crippen LogP contribution in [0.4, 0.5) is 0 Å². The predicted molar refractivity (Wildman–Crippen MR) is 95.9 cm³/mol. The van der Waals surface area contributed by atoms with Gasteiger partial charge < -0.3 is 5.32 Å². The number of hydrogen-bond donors (Lipinski definition) is 1. The Kier molecular flexibility index (Phi) is 3.99. The number of fused-ring (bicyclic) bond motifs is 1. The molecule has 1 amide bonds. The third-order valence-corrected chi connectivity index (χ3v) is 4.64. The first-order chi connectivity index (χ1) is 11.8. The van der Waals surface area contributed by atoms with Crippen molar-refractivity contribution in [2.45, 2.75) is 25.3 Å². The summed E-state index contributed by atoms with van der Waals surface area (Å²) in [5.41, 5.74) is 2.62. The molecule has 1 aliphatic carbocycles. The van der Waals surface area contributed by atoms with Gasteiger partial charge in [0.25, 0.3) is 5.91 Å². The number of nitrogens with one attached hydrogen (secondary N) is 1. The molecule has 1 aliphatic rings. The molecule has 0 bridgehead atoms. The predicted octanol–water partition coefficient (Wildman–Crippen LogP) is 3.99. The fourth-order valence-electron chi connectivity index (χ4n) is 3.14. The zero-order chi connectivity index (χ0) is 16.4. The monoisotopic (exact) mass is 316 g/mol. The normalized spacial score (nSPS) is 15.2. The Labute approximate surface area is 141 Å². The van der Waals surface area contributed by atoms with Crippen molar-refractivity contribution >= 4 is 16.8 Å². The molecule has 1 unspecified atom stereocenters. The average molecular weight is 316 g/mol. The molecule has 0 radical (unpaired) electrons. The van der Waals surface area contributed by atoms with Gasteiger partial charge in [-0.3, -0.25) is 4.79 Å². The summed E-state index contributed by atoms with van der Waals surface area (Å²) in [7, 11) is 0. The fraction of sp³-hybridized carbons (Fsp3) is 0.238. The number of para-hydroxylation sites is 1. The maximum absolute atomic E-state index is 12.6. The lowest BCUT2D eigenvalue weighted by molar-refractivity contribution is 0.0927. The molecule has 1 saturated carbocycles. The molecule has 3 nitrogen and oxygen atoms in total. The van der Waals surface area contributed by atoms with Crippen LogP contribution in [0.5, 0.6) is 0 Å². The van der Waals surface area contributed by atoms with Crippen molar-refractivity contribution in [3.8, 4) is 0 Å². The average Bonchev–Trinajstić information content (AvgIpc) is 3.47. The molecule has 0 aliphatic heterocycles. The molecule has 2 aromatic carbocycles. The van der Waals surface area contributed by atoms with Gasteiger partial charge in [-0.2, -0.15) is 0 Å². The van der Waals surface area contributed by atoms with E-state index >= 15 is 0 Å². The van der Waals surface area contributed by atoms with E-state index < -0.39 is 0 Å². The minimum absolute atomic E-state index is 0.0754. The zero-order valence-electron chi connectivity index (χ0n) is 13.5. The van der Waals surface area contributed by atoms with E-state index in [9.17, 15) is 4.79 Å². The molecular weight excluding hydrogens is 296 g/mol. The van der Waals surface area contributed by atoms with Crippen LogP contribution in [-0.2, 0) is 6.42 Å². The first-order valence-electron chi connectivity index (χ1n) is 8.50. The summed E-state index contributed by atoms with van der Waals surface area (Å²) in [5, 5.41) is 4.26. The van der Waals surface area contributed by atoms with Crippen molar-refractivity contribution in [1.29, 1.82) is 0 Å². The van der Waals surface area contributed by atoms with Crippen LogP contribution in [0.2, 0.25) is 0 Å². The van der Waals surface area contributed by atoms with E-state index in [1.807, 2.05) is 54.6 Å². The summed E-state index contributed by atoms with van der Waals surface area (Å²) in [6.07, 6.45) is 3.27. The SMILES string of the molecule is O=C(NC(Cc1ccccc1)C1CC1)c1ccc2ccccc2n1. The number of rotatable bonds is 5. The van der Waals surface area contributed by atoms with E-state index in [-0.39, 0.29) is 11.9 Å². The Hall–Kier alpha value is -2.68. The van der Waals surface area contributed by atoms with Crippen molar-refractivity contribution in [3.05, 3.63) is 78.0 Å². The second-order valence-corrected chi connectivity index (χ2v) is 6.50. The second-order valence-electron chi connectivity index (χ2n) is 6.50. The lowest BCUT2D eigenvalue weighted by atomic mass is 10.0. The molecule has 1 heterocycles. The number of carbonyl (C=O) groups is 1. The quantitative estimate of drug-likeness (QED) is 0.773. The van der Waals surface area contributed by atoms with E-state index in [1.54, 1.807) is 0 Å². The summed E-state index contributed by atoms with van der Waals surface area (Å²) >= 11 is 0. The van der Waals surface area contributed by atoms with E-state index in [0.717, 1.165) is 17.3 Å². The van der Waals surface area contributed by atoms with Gasteiger partial charge in [0, 0.05) is 11.4 Å². The van der Waals surface area contributed by atoms with Crippen LogP contribution in [0.1, 0.15) is 28.9 Å². The van der Waals surface area contributed by atoms with Crippen LogP contribution in [0, 0.1) is 5.92 Å². The number of nitrogens with zero attached hydrogens (tertiary/aromatic N) is 1. The number of amides is 1. The van der Waals surface area contributed by atoms with Crippen molar-refractivity contribution in [2.75, 3.05) is 0 Å². The van der Waals surface area contributed by atoms with E-state index in [1.165, 1.54) is 18.4 Å². The Balaban J connectivity index is 1.51. The maximum Gasteiger partial charge on any atom is 0.270 e. The largest absolute Gasteiger partial charge is 0.347 e. The highest BCUT2D eigenvalue weighted by atomic mass is 16.1. The van der Waals surface area contributed by atoms with Crippen LogP contribution in [0.3, 0.4) is 0 Å². The number of pyridine rings is 1. The second kappa shape index (κ2) is 6.44. The van der Waals surface area contributed by atoms with Gasteiger partial charge >= 0.3 is 0 Å². The van der Waals surface area contributed by atoms with Crippen LogP contribution in [0.25, 0.3) is 10.9 Å². The highest BCUT2D eigenvalue weighted by Crippen LogP contribution is 2.34. The summed E-state index contributed by atoms with van der Waals surface area (Å²) in [5.74, 6) is 0.517. The lowest BCUT2D eigenvalue weighted by Crippen LogP contribution is -2.38. The number of aromatic nitrogens is 1. The highest BCUT2D eigenvalue weighted by molar-refractivity contribution is 5.95. The molecule has 1 fully saturated rings. The molecule has 1 atom stereocenters. The van der Waals surface area contributed by atoms with Crippen molar-refractivity contribution in [2.24, 2.45) is 5.92 Å². The molecule has 1 aromatic heterocycles. The molecule has 0 saturated heterocycles. The van der Waals surface area contributed by atoms with Crippen LogP contribution in [0.15, 0.2) is 66.7 Å². The van der Waals surface area contributed by atoms with Crippen molar-refractivity contribution in [3.63, 3.8) is 0 Å². The fourth-order valence-corrected chi connectivity index (χ4v) is 3.14. The van der Waals surface area contributed by atoms with Crippen molar-refractivity contribution in [1.82, 2.24) is 10.3 Å². The van der Waals surface area contributed by atoms with Gasteiger partial charge in [-0.15, -0.1) is 0 Å². The smallest absolute Gasteiger partial charge is 0.270 e. The maximum atomic E-state index is 12.6. The molecule has 4 rings (SSSR count). The topological polar surface area (TPSA) is 42.0 Å². The molecule has 3 aromatic rings. The first-order valence-corrected chi connectivity index (χ1v) is 8.50. The van der Waals surface area contributed by atoms with Crippen LogP contribution >= 0.6 is 0 Å². The van der Waals surface area contributed by atoms with Crippen molar-refractivity contribution < 1.29 is 4.79 Å². The summed E-state index contributed by atoms with van der Waals surface area (Å²) in [4.78, 5) is 17.2. The third kappa shape index (κ3) is 3.30. The van der Waals surface area contributed by atoms with E-state index in [0.29, 0.717) is 11.6 Å². The number of hydrogen-bond acceptors (Lipinski definition) is 2. The van der Waals surface area contributed by atoms with E-state index in [2.05, 4.69) is 22.4 Å². The van der Waals surface area contributed by atoms with Gasteiger partial charge in [0.05, 0.1) is 5.52 Å². The van der Waals surface area contributed by atoms with Gasteiger partial charge in [-0.25, -0.2) is 4.98 Å². The minimum Gasteiger partial charge on any atom is -0.347 e. The third-order valence-electron chi connectivity index (χ3n) is 4.64. The van der Waals surface area contributed by atoms with Gasteiger partial charge in [0.1, 0.15) is 5.69 Å². The molecular formula is C21H20N2O. The Morgan fingerprint density at radius 2 is 1.75 bits per heavy atom. The van der Waals surface area contributed by atoms with Gasteiger partial charge in [-0.05, 0) is 42.9 Å². The zero-order valence-corrected chi connectivity index (χ0v) is 13.5. The molecule has 3 heteroatoms. The van der Waals surface area contributed by atoms with E-state index in [4.69, 9.17) is 0 Å². The molecule has 0 spiro atoms. The Bertz CT molecular complexity index is 856. The standard InChI is InChI=1S/C21H20N2O/c24-21(19-13-12-16-8-4-5-9-18(16)22-19)23-20(17-10-11-17)14-15-6-2-1-3-7-15/h1-9,12-13,17,20H,10-11,14H2,(H,23,24). The first kappa shape index (κ1) is 14.9. The molecule has 24 heavy (non-hydrogen) atoms. The number of carbonyl (C=O) groups excluding carboxylic acids is 1. The minimum atomic E-state index is -0.0754. The highest BCUT2D eigenvalue weighted by Gasteiger charge is 2.32. The van der Waals surface area contributed by atoms with Crippen LogP contribution in [-0.4, -0.2) is 16.9 Å². The van der Waals surface area contributed by atoms with Gasteiger partial charge in [-0.1, -0.05) is 54.6 Å². The summed E-state index contributed by atoms with van der Waals surface area (Å²) in [6, 6.07) is 22.2. The summed E-state index contributed by atoms with van der Waals surface area (Å²) < 4.78 is 0.